The van der Waals surface area contributed by atoms with Gasteiger partial charge in [0, 0.05) is 12.6 Å². The summed E-state index contributed by atoms with van der Waals surface area (Å²) in [6, 6.07) is 6.84. The Hall–Kier alpha value is -0.860. The van der Waals surface area contributed by atoms with Gasteiger partial charge in [0.05, 0.1) is 0 Å². The van der Waals surface area contributed by atoms with Gasteiger partial charge >= 0.3 is 0 Å². The molecule has 0 saturated heterocycles. The van der Waals surface area contributed by atoms with E-state index in [0.29, 0.717) is 0 Å². The van der Waals surface area contributed by atoms with Crippen LogP contribution in [0.5, 0.6) is 0 Å². The van der Waals surface area contributed by atoms with Crippen LogP contribution in [0.3, 0.4) is 0 Å². The van der Waals surface area contributed by atoms with Gasteiger partial charge in [-0.2, -0.15) is 0 Å². The molecule has 1 saturated carbocycles. The molecular formula is C18H30N2. The quantitative estimate of drug-likeness (QED) is 0.854. The first-order chi connectivity index (χ1) is 9.54. The van der Waals surface area contributed by atoms with Crippen LogP contribution in [0.25, 0.3) is 0 Å². The fraction of sp³-hybridized carbons (Fsp3) is 0.667. The third-order valence-electron chi connectivity index (χ3n) is 4.54. The molecule has 0 amide bonds. The van der Waals surface area contributed by atoms with Gasteiger partial charge in [0.2, 0.25) is 0 Å². The second kappa shape index (κ2) is 7.24. The summed E-state index contributed by atoms with van der Waals surface area (Å²) in [5, 5.41) is 0. The molecule has 0 aliphatic heterocycles. The number of benzene rings is 1. The molecule has 1 aliphatic rings. The maximum atomic E-state index is 6.36. The van der Waals surface area contributed by atoms with Gasteiger partial charge in [-0.25, -0.2) is 0 Å². The van der Waals surface area contributed by atoms with Crippen LogP contribution in [0.1, 0.15) is 54.8 Å². The number of nitrogens with zero attached hydrogens (tertiary/aromatic N) is 1. The van der Waals surface area contributed by atoms with E-state index in [1.165, 1.54) is 48.9 Å². The van der Waals surface area contributed by atoms with Crippen LogP contribution in [0.2, 0.25) is 0 Å². The van der Waals surface area contributed by atoms with Crippen molar-refractivity contribution in [3.8, 4) is 0 Å². The van der Waals surface area contributed by atoms with E-state index < -0.39 is 0 Å². The predicted octanol–water partition coefficient (Wildman–Crippen LogP) is 3.82. The standard InChI is InChI=1S/C18H30N2/c1-14-10-15(2)12-17(11-14)18(19)8-9-20(3)13-16-6-4-5-7-16/h10-12,16,18H,4-9,13,19H2,1-3H3. The molecule has 0 bridgehead atoms. The SMILES string of the molecule is Cc1cc(C)cc(C(N)CCN(C)CC2CCCC2)c1. The average molecular weight is 274 g/mol. The van der Waals surface area contributed by atoms with E-state index >= 15 is 0 Å². The summed E-state index contributed by atoms with van der Waals surface area (Å²) < 4.78 is 0. The molecule has 20 heavy (non-hydrogen) atoms. The van der Waals surface area contributed by atoms with Crippen LogP contribution in [-0.2, 0) is 0 Å². The maximum absolute atomic E-state index is 6.36. The molecule has 1 aromatic rings. The normalized spacial score (nSPS) is 17.9. The topological polar surface area (TPSA) is 29.3 Å². The number of aryl methyl sites for hydroxylation is 2. The lowest BCUT2D eigenvalue weighted by Gasteiger charge is -2.23. The lowest BCUT2D eigenvalue weighted by molar-refractivity contribution is 0.268. The van der Waals surface area contributed by atoms with E-state index in [1.54, 1.807) is 0 Å². The molecule has 0 spiro atoms. The molecule has 0 aromatic heterocycles. The average Bonchev–Trinajstić information content (AvgIpc) is 2.87. The molecule has 2 rings (SSSR count). The monoisotopic (exact) mass is 274 g/mol. The molecule has 1 unspecified atom stereocenters. The predicted molar refractivity (Wildman–Crippen MR) is 86.9 cm³/mol. The largest absolute Gasteiger partial charge is 0.324 e. The highest BCUT2D eigenvalue weighted by atomic mass is 15.1. The van der Waals surface area contributed by atoms with Gasteiger partial charge in [-0.05, 0) is 58.2 Å². The summed E-state index contributed by atoms with van der Waals surface area (Å²) in [4.78, 5) is 2.47. The zero-order chi connectivity index (χ0) is 14.5. The highest BCUT2D eigenvalue weighted by Crippen LogP contribution is 2.25. The van der Waals surface area contributed by atoms with E-state index in [9.17, 15) is 0 Å². The van der Waals surface area contributed by atoms with Gasteiger partial charge in [-0.15, -0.1) is 0 Å². The Kier molecular flexibility index (Phi) is 5.62. The van der Waals surface area contributed by atoms with Crippen LogP contribution >= 0.6 is 0 Å². The van der Waals surface area contributed by atoms with Crippen molar-refractivity contribution in [3.05, 3.63) is 34.9 Å². The Balaban J connectivity index is 1.80. The zero-order valence-corrected chi connectivity index (χ0v) is 13.4. The van der Waals surface area contributed by atoms with E-state index in [1.807, 2.05) is 0 Å². The van der Waals surface area contributed by atoms with Gasteiger partial charge in [-0.1, -0.05) is 42.2 Å². The minimum Gasteiger partial charge on any atom is -0.324 e. The van der Waals surface area contributed by atoms with E-state index in [0.717, 1.165) is 18.9 Å². The van der Waals surface area contributed by atoms with Crippen LogP contribution in [0.15, 0.2) is 18.2 Å². The number of hydrogen-bond acceptors (Lipinski definition) is 2. The van der Waals surface area contributed by atoms with Gasteiger partial charge < -0.3 is 10.6 Å². The second-order valence-corrected chi connectivity index (χ2v) is 6.73. The van der Waals surface area contributed by atoms with Crippen molar-refractivity contribution in [3.63, 3.8) is 0 Å². The molecule has 112 valence electrons. The minimum atomic E-state index is 0.166. The molecule has 0 heterocycles. The van der Waals surface area contributed by atoms with Gasteiger partial charge in [0.1, 0.15) is 0 Å². The number of hydrogen-bond donors (Lipinski definition) is 1. The van der Waals surface area contributed by atoms with E-state index in [4.69, 9.17) is 5.73 Å². The fourth-order valence-corrected chi connectivity index (χ4v) is 3.48. The number of rotatable bonds is 6. The summed E-state index contributed by atoms with van der Waals surface area (Å²) in [5.41, 5.74) is 10.3. The smallest absolute Gasteiger partial charge is 0.0307 e. The molecule has 2 heteroatoms. The number of nitrogens with two attached hydrogens (primary N) is 1. The fourth-order valence-electron chi connectivity index (χ4n) is 3.48. The van der Waals surface area contributed by atoms with Crippen LogP contribution in [-0.4, -0.2) is 25.0 Å². The summed E-state index contributed by atoms with van der Waals surface area (Å²) in [5.74, 6) is 0.928. The molecule has 0 radical (unpaired) electrons. The van der Waals surface area contributed by atoms with Crippen LogP contribution in [0, 0.1) is 19.8 Å². The molecule has 1 aromatic carbocycles. The third-order valence-corrected chi connectivity index (χ3v) is 4.54. The van der Waals surface area contributed by atoms with Crippen LogP contribution in [0.4, 0.5) is 0 Å². The molecule has 1 aliphatic carbocycles. The molecule has 1 atom stereocenters. The lowest BCUT2D eigenvalue weighted by Crippen LogP contribution is -2.28. The van der Waals surface area contributed by atoms with Crippen molar-refractivity contribution in [1.29, 1.82) is 0 Å². The first-order valence-electron chi connectivity index (χ1n) is 8.07. The van der Waals surface area contributed by atoms with Crippen molar-refractivity contribution in [2.75, 3.05) is 20.1 Å². The second-order valence-electron chi connectivity index (χ2n) is 6.73. The van der Waals surface area contributed by atoms with Gasteiger partial charge in [0.25, 0.3) is 0 Å². The van der Waals surface area contributed by atoms with Crippen molar-refractivity contribution in [1.82, 2.24) is 4.90 Å². The van der Waals surface area contributed by atoms with Crippen molar-refractivity contribution in [2.45, 2.75) is 52.0 Å². The van der Waals surface area contributed by atoms with Crippen LogP contribution < -0.4 is 5.73 Å². The Bertz CT molecular complexity index is 401. The third kappa shape index (κ3) is 4.60. The van der Waals surface area contributed by atoms with Gasteiger partial charge in [-0.3, -0.25) is 0 Å². The maximum Gasteiger partial charge on any atom is 0.0307 e. The Morgan fingerprint density at radius 1 is 1.15 bits per heavy atom. The van der Waals surface area contributed by atoms with Crippen molar-refractivity contribution in [2.24, 2.45) is 11.7 Å². The molecular weight excluding hydrogens is 244 g/mol. The molecule has 1 fully saturated rings. The Morgan fingerprint density at radius 3 is 2.35 bits per heavy atom. The first-order valence-corrected chi connectivity index (χ1v) is 8.07. The minimum absolute atomic E-state index is 0.166. The zero-order valence-electron chi connectivity index (χ0n) is 13.4. The van der Waals surface area contributed by atoms with E-state index in [-0.39, 0.29) is 6.04 Å². The van der Waals surface area contributed by atoms with E-state index in [2.05, 4.69) is 44.0 Å². The molecule has 2 nitrogen and oxygen atoms in total. The summed E-state index contributed by atoms with van der Waals surface area (Å²) in [7, 11) is 2.24. The Labute approximate surface area is 124 Å². The highest BCUT2D eigenvalue weighted by Gasteiger charge is 2.17. The summed E-state index contributed by atoms with van der Waals surface area (Å²) in [6.07, 6.45) is 6.76. The van der Waals surface area contributed by atoms with Crippen molar-refractivity contribution < 1.29 is 0 Å². The highest BCUT2D eigenvalue weighted by molar-refractivity contribution is 5.30. The van der Waals surface area contributed by atoms with Crippen molar-refractivity contribution >= 4 is 0 Å². The lowest BCUT2D eigenvalue weighted by atomic mass is 9.99. The summed E-state index contributed by atoms with van der Waals surface area (Å²) >= 11 is 0. The van der Waals surface area contributed by atoms with Gasteiger partial charge in [0.15, 0.2) is 0 Å². The first kappa shape index (κ1) is 15.5. The summed E-state index contributed by atoms with van der Waals surface area (Å²) in [6.45, 7) is 6.65. The molecule has 2 N–H and O–H groups in total. The Morgan fingerprint density at radius 2 is 1.75 bits per heavy atom.